The lowest BCUT2D eigenvalue weighted by Crippen LogP contribution is -2.37. The van der Waals surface area contributed by atoms with Gasteiger partial charge in [-0.3, -0.25) is 9.69 Å². The molecule has 1 fully saturated rings. The molecule has 1 N–H and O–H groups in total. The van der Waals surface area contributed by atoms with Crippen molar-refractivity contribution in [3.8, 4) is 0 Å². The van der Waals surface area contributed by atoms with Gasteiger partial charge in [0.15, 0.2) is 0 Å². The average Bonchev–Trinajstić information content (AvgIpc) is 2.55. The number of ether oxygens (including phenoxy) is 1. The maximum Gasteiger partial charge on any atom is 0.323 e. The van der Waals surface area contributed by atoms with Crippen molar-refractivity contribution < 1.29 is 14.6 Å². The van der Waals surface area contributed by atoms with Gasteiger partial charge in [0.25, 0.3) is 0 Å². The molecule has 1 aliphatic rings. The normalized spacial score (nSPS) is 26.6. The van der Waals surface area contributed by atoms with Crippen LogP contribution in [-0.4, -0.2) is 48.3 Å². The third-order valence-electron chi connectivity index (χ3n) is 2.68. The minimum absolute atomic E-state index is 0.256. The minimum atomic E-state index is -0.417. The highest BCUT2D eigenvalue weighted by molar-refractivity contribution is 5.76. The van der Waals surface area contributed by atoms with Crippen molar-refractivity contribution >= 4 is 5.97 Å². The molecule has 0 amide bonds. The van der Waals surface area contributed by atoms with Gasteiger partial charge in [-0.15, -0.1) is 6.58 Å². The second kappa shape index (κ2) is 5.28. The van der Waals surface area contributed by atoms with Crippen LogP contribution in [0.5, 0.6) is 0 Å². The third-order valence-corrected chi connectivity index (χ3v) is 2.68. The van der Waals surface area contributed by atoms with Crippen molar-refractivity contribution in [2.75, 3.05) is 20.2 Å². The molecule has 0 aromatic carbocycles. The minimum Gasteiger partial charge on any atom is -0.468 e. The SMILES string of the molecule is C=C(C)CCN1CC(O)CC1C(=O)OC. The standard InChI is InChI=1S/C11H19NO3/c1-8(2)4-5-12-7-9(13)6-10(12)11(14)15-3/h9-10,13H,1,4-7H2,2-3H3. The zero-order valence-electron chi connectivity index (χ0n) is 9.40. The molecule has 0 radical (unpaired) electrons. The van der Waals surface area contributed by atoms with Gasteiger partial charge >= 0.3 is 5.97 Å². The molecular formula is C11H19NO3. The number of nitrogens with zero attached hydrogens (tertiary/aromatic N) is 1. The van der Waals surface area contributed by atoms with E-state index in [0.29, 0.717) is 13.0 Å². The zero-order chi connectivity index (χ0) is 11.4. The smallest absolute Gasteiger partial charge is 0.323 e. The van der Waals surface area contributed by atoms with Gasteiger partial charge in [0.05, 0.1) is 13.2 Å². The number of likely N-dealkylation sites (tertiary alicyclic amines) is 1. The molecule has 1 aliphatic heterocycles. The molecule has 1 rings (SSSR count). The fourth-order valence-corrected chi connectivity index (χ4v) is 1.84. The van der Waals surface area contributed by atoms with E-state index in [1.165, 1.54) is 7.11 Å². The van der Waals surface area contributed by atoms with Gasteiger partial charge in [-0.2, -0.15) is 0 Å². The maximum absolute atomic E-state index is 11.4. The van der Waals surface area contributed by atoms with Crippen LogP contribution < -0.4 is 0 Å². The second-order valence-corrected chi connectivity index (χ2v) is 4.13. The van der Waals surface area contributed by atoms with Crippen LogP contribution in [0.25, 0.3) is 0 Å². The van der Waals surface area contributed by atoms with Crippen molar-refractivity contribution in [1.82, 2.24) is 4.90 Å². The largest absolute Gasteiger partial charge is 0.468 e. The molecule has 2 atom stereocenters. The van der Waals surface area contributed by atoms with Crippen molar-refractivity contribution in [3.05, 3.63) is 12.2 Å². The van der Waals surface area contributed by atoms with Crippen LogP contribution >= 0.6 is 0 Å². The number of rotatable bonds is 4. The van der Waals surface area contributed by atoms with E-state index in [0.717, 1.165) is 18.5 Å². The fourth-order valence-electron chi connectivity index (χ4n) is 1.84. The van der Waals surface area contributed by atoms with Crippen molar-refractivity contribution in [3.63, 3.8) is 0 Å². The molecule has 0 aromatic rings. The summed E-state index contributed by atoms with van der Waals surface area (Å²) in [5.74, 6) is -0.256. The summed E-state index contributed by atoms with van der Waals surface area (Å²) < 4.78 is 4.71. The number of esters is 1. The number of aliphatic hydroxyl groups excluding tert-OH is 1. The predicted octanol–water partition coefficient (Wildman–Crippen LogP) is 0.561. The number of aliphatic hydroxyl groups is 1. The van der Waals surface area contributed by atoms with Crippen LogP contribution in [0.3, 0.4) is 0 Å². The molecule has 1 heterocycles. The van der Waals surface area contributed by atoms with E-state index in [9.17, 15) is 9.90 Å². The van der Waals surface area contributed by atoms with Crippen LogP contribution in [0.15, 0.2) is 12.2 Å². The van der Waals surface area contributed by atoms with Crippen LogP contribution in [-0.2, 0) is 9.53 Å². The molecule has 0 spiro atoms. The lowest BCUT2D eigenvalue weighted by atomic mass is 10.2. The number of β-amino-alcohol motifs (C(OH)–C–C–N with tert-alkyl or cyclic N) is 1. The summed E-state index contributed by atoms with van der Waals surface area (Å²) in [6.07, 6.45) is 0.905. The third kappa shape index (κ3) is 3.32. The lowest BCUT2D eigenvalue weighted by molar-refractivity contribution is -0.145. The molecule has 4 heteroatoms. The van der Waals surface area contributed by atoms with E-state index in [4.69, 9.17) is 4.74 Å². The monoisotopic (exact) mass is 213 g/mol. The van der Waals surface area contributed by atoms with Gasteiger partial charge in [-0.25, -0.2) is 0 Å². The van der Waals surface area contributed by atoms with Crippen molar-refractivity contribution in [2.24, 2.45) is 0 Å². The van der Waals surface area contributed by atoms with E-state index in [-0.39, 0.29) is 12.0 Å². The Balaban J connectivity index is 2.52. The van der Waals surface area contributed by atoms with E-state index >= 15 is 0 Å². The van der Waals surface area contributed by atoms with E-state index in [1.807, 2.05) is 11.8 Å². The van der Waals surface area contributed by atoms with Crippen molar-refractivity contribution in [2.45, 2.75) is 31.9 Å². The molecular weight excluding hydrogens is 194 g/mol. The fraction of sp³-hybridized carbons (Fsp3) is 0.727. The van der Waals surface area contributed by atoms with Gasteiger partial charge in [0.1, 0.15) is 6.04 Å². The number of methoxy groups -OCH3 is 1. The molecule has 4 nitrogen and oxygen atoms in total. The summed E-state index contributed by atoms with van der Waals surface area (Å²) in [7, 11) is 1.38. The van der Waals surface area contributed by atoms with E-state index in [2.05, 4.69) is 6.58 Å². The van der Waals surface area contributed by atoms with E-state index < -0.39 is 6.10 Å². The van der Waals surface area contributed by atoms with Gasteiger partial charge < -0.3 is 9.84 Å². The van der Waals surface area contributed by atoms with Gasteiger partial charge in [0, 0.05) is 19.5 Å². The Morgan fingerprint density at radius 3 is 2.87 bits per heavy atom. The second-order valence-electron chi connectivity index (χ2n) is 4.13. The summed E-state index contributed by atoms with van der Waals surface area (Å²) >= 11 is 0. The summed E-state index contributed by atoms with van der Waals surface area (Å²) in [6, 6.07) is -0.288. The Morgan fingerprint density at radius 2 is 2.33 bits per heavy atom. The maximum atomic E-state index is 11.4. The molecule has 2 unspecified atom stereocenters. The Morgan fingerprint density at radius 1 is 1.67 bits per heavy atom. The van der Waals surface area contributed by atoms with Gasteiger partial charge in [-0.05, 0) is 13.3 Å². The van der Waals surface area contributed by atoms with Crippen molar-refractivity contribution in [1.29, 1.82) is 0 Å². The lowest BCUT2D eigenvalue weighted by Gasteiger charge is -2.21. The molecule has 0 saturated carbocycles. The number of carbonyl (C=O) groups is 1. The Hall–Kier alpha value is -0.870. The van der Waals surface area contributed by atoms with Crippen LogP contribution in [0.4, 0.5) is 0 Å². The molecule has 0 bridgehead atoms. The average molecular weight is 213 g/mol. The molecule has 0 aromatic heterocycles. The highest BCUT2D eigenvalue weighted by Gasteiger charge is 2.36. The van der Waals surface area contributed by atoms with Crippen LogP contribution in [0.1, 0.15) is 19.8 Å². The zero-order valence-corrected chi connectivity index (χ0v) is 9.40. The van der Waals surface area contributed by atoms with Gasteiger partial charge in [-0.1, -0.05) is 5.57 Å². The number of hydrogen-bond donors (Lipinski definition) is 1. The summed E-state index contributed by atoms with van der Waals surface area (Å²) in [4.78, 5) is 13.4. The highest BCUT2D eigenvalue weighted by Crippen LogP contribution is 2.19. The summed E-state index contributed by atoms with van der Waals surface area (Å²) in [5.41, 5.74) is 1.08. The predicted molar refractivity (Wildman–Crippen MR) is 57.4 cm³/mol. The van der Waals surface area contributed by atoms with Crippen LogP contribution in [0, 0.1) is 0 Å². The first-order chi connectivity index (χ1) is 7.04. The topological polar surface area (TPSA) is 49.8 Å². The molecule has 0 aliphatic carbocycles. The summed E-state index contributed by atoms with van der Waals surface area (Å²) in [6.45, 7) is 7.08. The van der Waals surface area contributed by atoms with Crippen LogP contribution in [0.2, 0.25) is 0 Å². The van der Waals surface area contributed by atoms with E-state index in [1.54, 1.807) is 0 Å². The Labute approximate surface area is 90.5 Å². The van der Waals surface area contributed by atoms with Gasteiger partial charge in [0.2, 0.25) is 0 Å². The first-order valence-electron chi connectivity index (χ1n) is 5.19. The summed E-state index contributed by atoms with van der Waals surface area (Å²) in [5, 5.41) is 9.51. The Kier molecular flexibility index (Phi) is 4.29. The molecule has 86 valence electrons. The number of carbonyl (C=O) groups excluding carboxylic acids is 1. The highest BCUT2D eigenvalue weighted by atomic mass is 16.5. The first kappa shape index (κ1) is 12.2. The first-order valence-corrected chi connectivity index (χ1v) is 5.19. The molecule has 1 saturated heterocycles. The molecule has 15 heavy (non-hydrogen) atoms. The Bertz CT molecular complexity index is 252. The number of hydrogen-bond acceptors (Lipinski definition) is 4. The quantitative estimate of drug-likeness (QED) is 0.547.